The first-order valence-corrected chi connectivity index (χ1v) is 11.3. The number of hydrogen-bond donors (Lipinski definition) is 0. The van der Waals surface area contributed by atoms with Crippen LogP contribution in [0.1, 0.15) is 42.1 Å². The molecule has 29 heavy (non-hydrogen) atoms. The zero-order valence-corrected chi connectivity index (χ0v) is 18.0. The molecule has 0 spiro atoms. The highest BCUT2D eigenvalue weighted by Crippen LogP contribution is 2.40. The molecule has 0 amide bonds. The molecule has 0 aliphatic carbocycles. The lowest BCUT2D eigenvalue weighted by Crippen LogP contribution is -2.16. The molecule has 2 heterocycles. The summed E-state index contributed by atoms with van der Waals surface area (Å²) in [4.78, 5) is 24.5. The molecule has 10 heteroatoms. The van der Waals surface area contributed by atoms with Crippen LogP contribution in [0.4, 0.5) is 5.69 Å². The van der Waals surface area contributed by atoms with Gasteiger partial charge in [0.15, 0.2) is 0 Å². The van der Waals surface area contributed by atoms with Crippen molar-refractivity contribution in [1.82, 2.24) is 9.78 Å². The summed E-state index contributed by atoms with van der Waals surface area (Å²) >= 11 is 6.53. The van der Waals surface area contributed by atoms with Gasteiger partial charge < -0.3 is 9.47 Å². The Kier molecular flexibility index (Phi) is 6.28. The lowest BCUT2D eigenvalue weighted by molar-refractivity contribution is -0.132. The van der Waals surface area contributed by atoms with E-state index in [4.69, 9.17) is 21.1 Å². The van der Waals surface area contributed by atoms with E-state index in [0.717, 1.165) is 19.3 Å². The van der Waals surface area contributed by atoms with Gasteiger partial charge in [0.1, 0.15) is 17.0 Å². The normalized spacial score (nSPS) is 15.6. The number of esters is 1. The maximum atomic E-state index is 13.1. The summed E-state index contributed by atoms with van der Waals surface area (Å²) in [7, 11) is 0.551. The highest BCUT2D eigenvalue weighted by Gasteiger charge is 2.26. The fraction of sp³-hybridized carbons (Fsp3) is 0.421. The van der Waals surface area contributed by atoms with Crippen LogP contribution in [0.2, 0.25) is 5.02 Å². The lowest BCUT2D eigenvalue weighted by atomic mass is 10.0. The third-order valence-corrected chi connectivity index (χ3v) is 7.35. The predicted octanol–water partition coefficient (Wildman–Crippen LogP) is 3.52. The Morgan fingerprint density at radius 2 is 1.90 bits per heavy atom. The zero-order valence-electron chi connectivity index (χ0n) is 16.4. The monoisotopic (exact) mass is 439 g/mol. The number of aromatic nitrogens is 2. The third-order valence-electron chi connectivity index (χ3n) is 4.60. The molecule has 1 aliphatic heterocycles. The number of nitrogens with zero attached hydrogens (tertiary/aromatic N) is 3. The van der Waals surface area contributed by atoms with Crippen LogP contribution in [0.15, 0.2) is 22.7 Å². The van der Waals surface area contributed by atoms with E-state index >= 15 is 0 Å². The third kappa shape index (κ3) is 4.45. The van der Waals surface area contributed by atoms with Crippen molar-refractivity contribution in [2.75, 3.05) is 18.6 Å². The number of carbonyl (C=O) groups excluding carboxylic acids is 2. The quantitative estimate of drug-likeness (QED) is 0.522. The average molecular weight is 440 g/mol. The van der Waals surface area contributed by atoms with Gasteiger partial charge >= 0.3 is 5.97 Å². The van der Waals surface area contributed by atoms with E-state index in [1.165, 1.54) is 31.0 Å². The summed E-state index contributed by atoms with van der Waals surface area (Å²) in [5.41, 5.74) is 0.416. The number of benzene rings is 1. The lowest BCUT2D eigenvalue weighted by Gasteiger charge is -2.17. The number of halogens is 1. The van der Waals surface area contributed by atoms with Gasteiger partial charge in [0.05, 0.1) is 28.1 Å². The van der Waals surface area contributed by atoms with Gasteiger partial charge in [0.25, 0.3) is 0 Å². The second-order valence-corrected chi connectivity index (χ2v) is 9.64. The summed E-state index contributed by atoms with van der Waals surface area (Å²) in [6.45, 7) is 1.24. The zero-order chi connectivity index (χ0) is 21.2. The molecular weight excluding hydrogens is 418 g/mol. The number of ketones is 1. The van der Waals surface area contributed by atoms with E-state index in [9.17, 15) is 13.8 Å². The second kappa shape index (κ2) is 8.54. The van der Waals surface area contributed by atoms with E-state index in [2.05, 4.69) is 9.46 Å². The molecule has 1 fully saturated rings. The highest BCUT2D eigenvalue weighted by molar-refractivity contribution is 7.93. The van der Waals surface area contributed by atoms with Gasteiger partial charge in [-0.25, -0.2) is 8.89 Å². The maximum Gasteiger partial charge on any atom is 0.309 e. The van der Waals surface area contributed by atoms with Crippen molar-refractivity contribution < 1.29 is 23.3 Å². The number of ether oxygens (including phenoxy) is 2. The number of methoxy groups -OCH3 is 1. The topological polar surface area (TPSA) is 99.8 Å². The molecule has 8 nitrogen and oxygen atoms in total. The number of aryl methyl sites for hydroxylation is 1. The summed E-state index contributed by atoms with van der Waals surface area (Å²) < 4.78 is 29.3. The summed E-state index contributed by atoms with van der Waals surface area (Å²) in [6, 6.07) is 3.06. The summed E-state index contributed by atoms with van der Waals surface area (Å²) in [5.74, 6) is 0.274. The molecule has 0 bridgehead atoms. The van der Waals surface area contributed by atoms with Crippen LogP contribution in [0.5, 0.6) is 11.6 Å². The molecule has 1 aromatic carbocycles. The predicted molar refractivity (Wildman–Crippen MR) is 110 cm³/mol. The van der Waals surface area contributed by atoms with E-state index < -0.39 is 21.5 Å². The molecular formula is C19H22ClN3O5S. The van der Waals surface area contributed by atoms with Gasteiger partial charge in [-0.2, -0.15) is 9.46 Å². The van der Waals surface area contributed by atoms with Crippen LogP contribution in [0.25, 0.3) is 0 Å². The van der Waals surface area contributed by atoms with Crippen molar-refractivity contribution in [3.63, 3.8) is 0 Å². The molecule has 0 atom stereocenters. The summed E-state index contributed by atoms with van der Waals surface area (Å²) in [6.07, 6.45) is 4.00. The molecule has 1 aliphatic rings. The fourth-order valence-electron chi connectivity index (χ4n) is 3.15. The first kappa shape index (κ1) is 21.3. The SMILES string of the molecule is COc1ccc(C(=O)c2cnn(C)c2OC(C)=O)c(Cl)c1N=S1(=O)CCCCC1. The van der Waals surface area contributed by atoms with Gasteiger partial charge in [-0.1, -0.05) is 18.0 Å². The Bertz CT molecular complexity index is 1070. The molecule has 3 rings (SSSR count). The Balaban J connectivity index is 2.11. The number of hydrogen-bond acceptors (Lipinski definition) is 7. The van der Waals surface area contributed by atoms with E-state index in [-0.39, 0.29) is 27.7 Å². The van der Waals surface area contributed by atoms with E-state index in [0.29, 0.717) is 17.3 Å². The van der Waals surface area contributed by atoms with Crippen LogP contribution in [0.3, 0.4) is 0 Å². The highest BCUT2D eigenvalue weighted by atomic mass is 35.5. The van der Waals surface area contributed by atoms with Crippen molar-refractivity contribution in [3.05, 3.63) is 34.5 Å². The van der Waals surface area contributed by atoms with Crippen molar-refractivity contribution >= 4 is 38.8 Å². The number of carbonyl (C=O) groups is 2. The maximum absolute atomic E-state index is 13.1. The molecule has 0 unspecified atom stereocenters. The first-order chi connectivity index (χ1) is 13.8. The average Bonchev–Trinajstić information content (AvgIpc) is 3.03. The minimum Gasteiger partial charge on any atom is -0.494 e. The van der Waals surface area contributed by atoms with Crippen LogP contribution in [-0.4, -0.2) is 44.4 Å². The van der Waals surface area contributed by atoms with Gasteiger partial charge in [-0.15, -0.1) is 0 Å². The molecule has 156 valence electrons. The minimum absolute atomic E-state index is 0.0195. The Morgan fingerprint density at radius 1 is 1.21 bits per heavy atom. The minimum atomic E-state index is -2.46. The van der Waals surface area contributed by atoms with Crippen molar-refractivity contribution in [1.29, 1.82) is 0 Å². The van der Waals surface area contributed by atoms with E-state index in [1.54, 1.807) is 13.1 Å². The first-order valence-electron chi connectivity index (χ1n) is 9.10. The Hall–Kier alpha value is -2.39. The van der Waals surface area contributed by atoms with Crippen LogP contribution in [0, 0.1) is 0 Å². The molecule has 2 aromatic rings. The van der Waals surface area contributed by atoms with Crippen LogP contribution >= 0.6 is 11.6 Å². The molecule has 1 aromatic heterocycles. The van der Waals surface area contributed by atoms with Crippen molar-refractivity contribution in [2.45, 2.75) is 26.2 Å². The van der Waals surface area contributed by atoms with Crippen LogP contribution < -0.4 is 9.47 Å². The number of rotatable bonds is 5. The smallest absolute Gasteiger partial charge is 0.309 e. The largest absolute Gasteiger partial charge is 0.494 e. The Labute approximate surface area is 174 Å². The van der Waals surface area contributed by atoms with Crippen LogP contribution in [-0.2, 0) is 21.6 Å². The molecule has 0 N–H and O–H groups in total. The van der Waals surface area contributed by atoms with Gasteiger partial charge in [0.2, 0.25) is 11.7 Å². The molecule has 0 saturated carbocycles. The standard InChI is InChI=1S/C19H22ClN3O5S/c1-12(24)28-19-14(11-21-23(19)2)18(25)13-7-8-15(27-3)17(16(13)20)22-29(26)9-5-4-6-10-29/h7-8,11H,4-6,9-10H2,1-3H3. The Morgan fingerprint density at radius 3 is 2.52 bits per heavy atom. The van der Waals surface area contributed by atoms with Gasteiger partial charge in [-0.3, -0.25) is 9.59 Å². The second-order valence-electron chi connectivity index (χ2n) is 6.72. The van der Waals surface area contributed by atoms with E-state index in [1.807, 2.05) is 0 Å². The summed E-state index contributed by atoms with van der Waals surface area (Å²) in [5, 5.41) is 4.03. The van der Waals surface area contributed by atoms with Crippen molar-refractivity contribution in [2.24, 2.45) is 11.4 Å². The fourth-order valence-corrected chi connectivity index (χ4v) is 5.69. The van der Waals surface area contributed by atoms with Gasteiger partial charge in [-0.05, 0) is 25.0 Å². The molecule has 1 saturated heterocycles. The van der Waals surface area contributed by atoms with Crippen molar-refractivity contribution in [3.8, 4) is 11.6 Å². The molecule has 0 radical (unpaired) electrons. The van der Waals surface area contributed by atoms with Gasteiger partial charge in [0, 0.05) is 31.0 Å².